The quantitative estimate of drug-likeness (QED) is 0.861. The molecule has 0 fully saturated rings. The fourth-order valence-electron chi connectivity index (χ4n) is 2.04. The van der Waals surface area contributed by atoms with Crippen LogP contribution in [0, 0.1) is 12.7 Å². The molecular weight excluding hydrogens is 281 g/mol. The molecule has 0 aliphatic heterocycles. The highest BCUT2D eigenvalue weighted by atomic mass is 35.5. The number of hydrogen-bond donors (Lipinski definition) is 2. The third kappa shape index (κ3) is 4.03. The van der Waals surface area contributed by atoms with Gasteiger partial charge in [-0.25, -0.2) is 9.37 Å². The van der Waals surface area contributed by atoms with Crippen LogP contribution in [0.15, 0.2) is 24.4 Å². The van der Waals surface area contributed by atoms with Gasteiger partial charge < -0.3 is 10.1 Å². The number of hydrogen-bond acceptors (Lipinski definition) is 3. The average molecular weight is 298 g/mol. The van der Waals surface area contributed by atoms with Gasteiger partial charge in [0.1, 0.15) is 11.6 Å². The number of nitrogens with one attached hydrogen (secondary N) is 1. The smallest absolute Gasteiger partial charge is 0.124 e. The van der Waals surface area contributed by atoms with Gasteiger partial charge in [-0.2, -0.15) is 0 Å². The van der Waals surface area contributed by atoms with Gasteiger partial charge in [0.15, 0.2) is 0 Å². The molecule has 4 nitrogen and oxygen atoms in total. The molecule has 0 saturated heterocycles. The third-order valence-corrected chi connectivity index (χ3v) is 3.33. The van der Waals surface area contributed by atoms with Gasteiger partial charge in [-0.3, -0.25) is 4.90 Å². The Labute approximate surface area is 122 Å². The van der Waals surface area contributed by atoms with Crippen LogP contribution in [0.3, 0.4) is 0 Å². The predicted octanol–water partition coefficient (Wildman–Crippen LogP) is 2.51. The monoisotopic (exact) mass is 297 g/mol. The second kappa shape index (κ2) is 6.83. The van der Waals surface area contributed by atoms with Gasteiger partial charge in [0, 0.05) is 36.5 Å². The lowest BCUT2D eigenvalue weighted by Crippen LogP contribution is -2.26. The van der Waals surface area contributed by atoms with Crippen LogP contribution in [0.4, 0.5) is 4.39 Å². The number of aromatic amines is 1. The van der Waals surface area contributed by atoms with E-state index in [2.05, 4.69) is 9.97 Å². The van der Waals surface area contributed by atoms with Gasteiger partial charge >= 0.3 is 0 Å². The minimum Gasteiger partial charge on any atom is -0.395 e. The largest absolute Gasteiger partial charge is 0.395 e. The Morgan fingerprint density at radius 3 is 2.80 bits per heavy atom. The minimum atomic E-state index is -0.350. The molecule has 2 rings (SSSR count). The Morgan fingerprint density at radius 1 is 1.40 bits per heavy atom. The summed E-state index contributed by atoms with van der Waals surface area (Å²) in [5.74, 6) is 0.500. The summed E-state index contributed by atoms with van der Waals surface area (Å²) in [6.07, 6.45) is 1.77. The molecule has 0 bridgehead atoms. The number of rotatable bonds is 6. The molecule has 2 aromatic rings. The molecule has 0 saturated carbocycles. The fraction of sp³-hybridized carbons (Fsp3) is 0.357. The zero-order valence-electron chi connectivity index (χ0n) is 11.2. The number of H-pyrrole nitrogens is 1. The van der Waals surface area contributed by atoms with Gasteiger partial charge in [-0.1, -0.05) is 17.7 Å². The first kappa shape index (κ1) is 15.0. The lowest BCUT2D eigenvalue weighted by atomic mass is 10.2. The molecule has 0 aliphatic carbocycles. The Morgan fingerprint density at radius 2 is 2.20 bits per heavy atom. The zero-order chi connectivity index (χ0) is 14.5. The maximum Gasteiger partial charge on any atom is 0.124 e. The zero-order valence-corrected chi connectivity index (χ0v) is 12.0. The van der Waals surface area contributed by atoms with Crippen molar-refractivity contribution in [1.82, 2.24) is 14.9 Å². The van der Waals surface area contributed by atoms with Crippen molar-refractivity contribution in [2.45, 2.75) is 20.0 Å². The number of halogens is 2. The molecule has 0 radical (unpaired) electrons. The number of nitrogens with zero attached hydrogens (tertiary/aromatic N) is 2. The van der Waals surface area contributed by atoms with Crippen molar-refractivity contribution in [2.75, 3.05) is 13.2 Å². The molecule has 0 spiro atoms. The van der Waals surface area contributed by atoms with Crippen LogP contribution in [0.5, 0.6) is 0 Å². The number of imidazole rings is 1. The predicted molar refractivity (Wildman–Crippen MR) is 75.9 cm³/mol. The summed E-state index contributed by atoms with van der Waals surface area (Å²) in [6.45, 7) is 3.60. The van der Waals surface area contributed by atoms with Crippen molar-refractivity contribution in [1.29, 1.82) is 0 Å². The number of aromatic nitrogens is 2. The summed E-state index contributed by atoms with van der Waals surface area (Å²) in [7, 11) is 0. The number of aryl methyl sites for hydroxylation is 1. The molecule has 0 unspecified atom stereocenters. The summed E-state index contributed by atoms with van der Waals surface area (Å²) in [5.41, 5.74) is 1.80. The molecule has 1 heterocycles. The van der Waals surface area contributed by atoms with Crippen LogP contribution in [0.2, 0.25) is 5.02 Å². The van der Waals surface area contributed by atoms with Gasteiger partial charge in [0.25, 0.3) is 0 Å². The molecule has 0 atom stereocenters. The van der Waals surface area contributed by atoms with E-state index < -0.39 is 0 Å². The van der Waals surface area contributed by atoms with Crippen LogP contribution in [-0.4, -0.2) is 33.1 Å². The summed E-state index contributed by atoms with van der Waals surface area (Å²) in [5, 5.41) is 9.55. The van der Waals surface area contributed by atoms with Crippen LogP contribution < -0.4 is 0 Å². The van der Waals surface area contributed by atoms with E-state index in [1.54, 1.807) is 12.3 Å². The van der Waals surface area contributed by atoms with E-state index >= 15 is 0 Å². The Bertz CT molecular complexity index is 573. The fourth-order valence-corrected chi connectivity index (χ4v) is 2.27. The second-order valence-corrected chi connectivity index (χ2v) is 5.07. The summed E-state index contributed by atoms with van der Waals surface area (Å²) < 4.78 is 13.0. The van der Waals surface area contributed by atoms with Crippen LogP contribution in [0.25, 0.3) is 0 Å². The number of benzene rings is 1. The Balaban J connectivity index is 2.08. The van der Waals surface area contributed by atoms with Gasteiger partial charge in [0.05, 0.1) is 6.61 Å². The van der Waals surface area contributed by atoms with Crippen molar-refractivity contribution < 1.29 is 9.50 Å². The van der Waals surface area contributed by atoms with Crippen LogP contribution in [0.1, 0.15) is 17.1 Å². The van der Waals surface area contributed by atoms with E-state index in [0.717, 1.165) is 17.1 Å². The van der Waals surface area contributed by atoms with E-state index in [0.29, 0.717) is 24.7 Å². The topological polar surface area (TPSA) is 52.1 Å². The lowest BCUT2D eigenvalue weighted by molar-refractivity contribution is 0.183. The Kier molecular flexibility index (Phi) is 5.11. The van der Waals surface area contributed by atoms with E-state index in [1.165, 1.54) is 12.1 Å². The molecule has 6 heteroatoms. The number of aliphatic hydroxyl groups excluding tert-OH is 1. The molecule has 20 heavy (non-hydrogen) atoms. The maximum atomic E-state index is 13.0. The highest BCUT2D eigenvalue weighted by Crippen LogP contribution is 2.19. The van der Waals surface area contributed by atoms with E-state index in [-0.39, 0.29) is 12.4 Å². The first-order valence-electron chi connectivity index (χ1n) is 6.36. The number of aliphatic hydroxyl groups is 1. The van der Waals surface area contributed by atoms with Gasteiger partial charge in [-0.05, 0) is 24.6 Å². The van der Waals surface area contributed by atoms with Crippen LogP contribution in [-0.2, 0) is 13.1 Å². The average Bonchev–Trinajstić information content (AvgIpc) is 2.78. The first-order valence-corrected chi connectivity index (χ1v) is 6.74. The van der Waals surface area contributed by atoms with Crippen molar-refractivity contribution in [3.63, 3.8) is 0 Å². The van der Waals surface area contributed by atoms with Crippen molar-refractivity contribution in [2.24, 2.45) is 0 Å². The van der Waals surface area contributed by atoms with Crippen molar-refractivity contribution in [3.05, 3.63) is 52.3 Å². The molecule has 0 amide bonds. The summed E-state index contributed by atoms with van der Waals surface area (Å²) >= 11 is 6.03. The SMILES string of the molecule is Cc1ncc(CN(CCO)Cc2ccc(F)cc2Cl)[nH]1. The molecule has 1 aromatic heterocycles. The third-order valence-electron chi connectivity index (χ3n) is 2.97. The molecule has 108 valence electrons. The van der Waals surface area contributed by atoms with Crippen molar-refractivity contribution in [3.8, 4) is 0 Å². The second-order valence-electron chi connectivity index (χ2n) is 4.66. The van der Waals surface area contributed by atoms with Gasteiger partial charge in [0.2, 0.25) is 0 Å². The molecule has 2 N–H and O–H groups in total. The highest BCUT2D eigenvalue weighted by molar-refractivity contribution is 6.31. The van der Waals surface area contributed by atoms with E-state index in [9.17, 15) is 4.39 Å². The van der Waals surface area contributed by atoms with E-state index in [1.807, 2.05) is 11.8 Å². The minimum absolute atomic E-state index is 0.0476. The van der Waals surface area contributed by atoms with Crippen LogP contribution >= 0.6 is 11.6 Å². The summed E-state index contributed by atoms with van der Waals surface area (Å²) in [6, 6.07) is 4.35. The lowest BCUT2D eigenvalue weighted by Gasteiger charge is -2.21. The van der Waals surface area contributed by atoms with Gasteiger partial charge in [-0.15, -0.1) is 0 Å². The molecule has 1 aromatic carbocycles. The summed E-state index contributed by atoms with van der Waals surface area (Å²) in [4.78, 5) is 9.31. The standard InChI is InChI=1S/C14H17ClFN3O/c1-10-17-7-13(18-10)9-19(4-5-20)8-11-2-3-12(16)6-14(11)15/h2-3,6-7,20H,4-5,8-9H2,1H3,(H,17,18). The van der Waals surface area contributed by atoms with Crippen molar-refractivity contribution >= 4 is 11.6 Å². The maximum absolute atomic E-state index is 13.0. The normalized spacial score (nSPS) is 11.2. The molecule has 0 aliphatic rings. The highest BCUT2D eigenvalue weighted by Gasteiger charge is 2.11. The first-order chi connectivity index (χ1) is 9.58. The van der Waals surface area contributed by atoms with E-state index in [4.69, 9.17) is 16.7 Å². The molecular formula is C14H17ClFN3O. The Hall–Kier alpha value is -1.43.